The molecule has 2 N–H and O–H groups in total. The number of thiocarbonyl (C=S) groups is 1. The fourth-order valence-corrected chi connectivity index (χ4v) is 2.68. The number of aryl methyl sites for hydroxylation is 2. The number of halogens is 1. The van der Waals surface area contributed by atoms with E-state index in [0.29, 0.717) is 17.9 Å². The van der Waals surface area contributed by atoms with Gasteiger partial charge in [-0.2, -0.15) is 0 Å². The Morgan fingerprint density at radius 2 is 1.92 bits per heavy atom. The van der Waals surface area contributed by atoms with Crippen LogP contribution in [0.2, 0.25) is 0 Å². The number of ether oxygens (including phenoxy) is 1. The second kappa shape index (κ2) is 8.26. The van der Waals surface area contributed by atoms with E-state index in [-0.39, 0.29) is 11.0 Å². The Balaban J connectivity index is 2.10. The minimum absolute atomic E-state index is 0.241. The molecule has 0 saturated carbocycles. The van der Waals surface area contributed by atoms with Gasteiger partial charge in [-0.25, -0.2) is 0 Å². The SMILES string of the molecule is CCOc1ccc(Br)cc1C(=O)NC(=S)Nc1ccc(C)c(C)c1. The first-order valence-electron chi connectivity index (χ1n) is 7.52. The van der Waals surface area contributed by atoms with E-state index in [0.717, 1.165) is 15.7 Å². The topological polar surface area (TPSA) is 50.4 Å². The molecule has 0 aromatic heterocycles. The van der Waals surface area contributed by atoms with Crippen molar-refractivity contribution in [1.82, 2.24) is 5.32 Å². The molecule has 2 aromatic rings. The highest BCUT2D eigenvalue weighted by molar-refractivity contribution is 9.10. The highest BCUT2D eigenvalue weighted by Crippen LogP contribution is 2.23. The first-order chi connectivity index (χ1) is 11.4. The van der Waals surface area contributed by atoms with Crippen LogP contribution in [0.25, 0.3) is 0 Å². The summed E-state index contributed by atoms with van der Waals surface area (Å²) in [5, 5.41) is 5.95. The molecule has 0 saturated heterocycles. The zero-order chi connectivity index (χ0) is 17.7. The minimum Gasteiger partial charge on any atom is -0.493 e. The van der Waals surface area contributed by atoms with Crippen molar-refractivity contribution in [3.05, 3.63) is 57.6 Å². The van der Waals surface area contributed by atoms with E-state index in [2.05, 4.69) is 26.6 Å². The zero-order valence-corrected chi connectivity index (χ0v) is 16.2. The van der Waals surface area contributed by atoms with Crippen LogP contribution in [-0.2, 0) is 0 Å². The average molecular weight is 407 g/mol. The van der Waals surface area contributed by atoms with Crippen molar-refractivity contribution < 1.29 is 9.53 Å². The summed E-state index contributed by atoms with van der Waals surface area (Å²) in [6.45, 7) is 6.42. The highest BCUT2D eigenvalue weighted by atomic mass is 79.9. The maximum atomic E-state index is 12.5. The Labute approximate surface area is 155 Å². The molecule has 1 amide bonds. The summed E-state index contributed by atoms with van der Waals surface area (Å²) in [7, 11) is 0. The molecule has 0 aliphatic heterocycles. The molecule has 0 spiro atoms. The Hall–Kier alpha value is -1.92. The third-order valence-electron chi connectivity index (χ3n) is 3.48. The number of benzene rings is 2. The van der Waals surface area contributed by atoms with Crippen molar-refractivity contribution in [2.45, 2.75) is 20.8 Å². The quantitative estimate of drug-likeness (QED) is 0.728. The molecule has 2 rings (SSSR count). The predicted molar refractivity (Wildman–Crippen MR) is 105 cm³/mol. The number of hydrogen-bond acceptors (Lipinski definition) is 3. The number of amides is 1. The van der Waals surface area contributed by atoms with Gasteiger partial charge in [0.05, 0.1) is 12.2 Å². The lowest BCUT2D eigenvalue weighted by atomic mass is 10.1. The third kappa shape index (κ3) is 4.79. The summed E-state index contributed by atoms with van der Waals surface area (Å²) >= 11 is 8.60. The van der Waals surface area contributed by atoms with Crippen molar-refractivity contribution in [3.8, 4) is 5.75 Å². The Kier molecular flexibility index (Phi) is 6.34. The van der Waals surface area contributed by atoms with Gasteiger partial charge in [0, 0.05) is 10.2 Å². The van der Waals surface area contributed by atoms with Gasteiger partial charge in [-0.3, -0.25) is 10.1 Å². The maximum Gasteiger partial charge on any atom is 0.261 e. The molecule has 0 heterocycles. The molecule has 0 aliphatic carbocycles. The molecule has 4 nitrogen and oxygen atoms in total. The van der Waals surface area contributed by atoms with Crippen molar-refractivity contribution >= 4 is 44.9 Å². The van der Waals surface area contributed by atoms with E-state index in [4.69, 9.17) is 17.0 Å². The predicted octanol–water partition coefficient (Wildman–Crippen LogP) is 4.59. The van der Waals surface area contributed by atoms with Crippen molar-refractivity contribution in [1.29, 1.82) is 0 Å². The van der Waals surface area contributed by atoms with Gasteiger partial charge in [-0.15, -0.1) is 0 Å². The number of carbonyl (C=O) groups excluding carboxylic acids is 1. The van der Waals surface area contributed by atoms with Crippen molar-refractivity contribution in [3.63, 3.8) is 0 Å². The number of carbonyl (C=O) groups is 1. The fourth-order valence-electron chi connectivity index (χ4n) is 2.11. The molecule has 0 atom stereocenters. The van der Waals surface area contributed by atoms with Crippen LogP contribution in [0, 0.1) is 13.8 Å². The van der Waals surface area contributed by atoms with Crippen LogP contribution in [0.15, 0.2) is 40.9 Å². The molecule has 24 heavy (non-hydrogen) atoms. The van der Waals surface area contributed by atoms with Crippen LogP contribution in [0.3, 0.4) is 0 Å². The number of rotatable bonds is 4. The van der Waals surface area contributed by atoms with Gasteiger partial charge in [0.25, 0.3) is 5.91 Å². The number of nitrogens with one attached hydrogen (secondary N) is 2. The monoisotopic (exact) mass is 406 g/mol. The lowest BCUT2D eigenvalue weighted by Gasteiger charge is -2.13. The third-order valence-corrected chi connectivity index (χ3v) is 4.18. The van der Waals surface area contributed by atoms with Gasteiger partial charge in [0.1, 0.15) is 5.75 Å². The first kappa shape index (κ1) is 18.4. The molecular weight excluding hydrogens is 388 g/mol. The van der Waals surface area contributed by atoms with Gasteiger partial charge in [0.2, 0.25) is 0 Å². The summed E-state index contributed by atoms with van der Waals surface area (Å²) in [5.41, 5.74) is 3.61. The minimum atomic E-state index is -0.318. The fraction of sp³-hybridized carbons (Fsp3) is 0.222. The standard InChI is InChI=1S/C18H19BrN2O2S/c1-4-23-16-8-6-13(19)10-15(16)17(22)21-18(24)20-14-7-5-11(2)12(3)9-14/h5-10H,4H2,1-3H3,(H2,20,21,22,24). The van der Waals surface area contributed by atoms with E-state index in [1.807, 2.05) is 45.0 Å². The van der Waals surface area contributed by atoms with Crippen molar-refractivity contribution in [2.75, 3.05) is 11.9 Å². The van der Waals surface area contributed by atoms with E-state index in [1.54, 1.807) is 12.1 Å². The van der Waals surface area contributed by atoms with Gasteiger partial charge in [-0.1, -0.05) is 22.0 Å². The molecular formula is C18H19BrN2O2S. The largest absolute Gasteiger partial charge is 0.493 e. The van der Waals surface area contributed by atoms with Gasteiger partial charge >= 0.3 is 0 Å². The van der Waals surface area contributed by atoms with Gasteiger partial charge in [-0.05, 0) is 74.4 Å². The van der Waals surface area contributed by atoms with Crippen LogP contribution < -0.4 is 15.4 Å². The summed E-state index contributed by atoms with van der Waals surface area (Å²) in [5.74, 6) is 0.202. The Morgan fingerprint density at radius 1 is 1.17 bits per heavy atom. The smallest absolute Gasteiger partial charge is 0.261 e. The Bertz CT molecular complexity index is 778. The summed E-state index contributed by atoms with van der Waals surface area (Å²) in [4.78, 5) is 12.5. The highest BCUT2D eigenvalue weighted by Gasteiger charge is 2.14. The molecule has 0 radical (unpaired) electrons. The molecule has 2 aromatic carbocycles. The Morgan fingerprint density at radius 3 is 2.58 bits per heavy atom. The van der Waals surface area contributed by atoms with Crippen LogP contribution in [-0.4, -0.2) is 17.6 Å². The van der Waals surface area contributed by atoms with Gasteiger partial charge in [0.15, 0.2) is 5.11 Å². The van der Waals surface area contributed by atoms with E-state index in [1.165, 1.54) is 5.56 Å². The zero-order valence-electron chi connectivity index (χ0n) is 13.8. The van der Waals surface area contributed by atoms with E-state index >= 15 is 0 Å². The van der Waals surface area contributed by atoms with E-state index < -0.39 is 0 Å². The maximum absolute atomic E-state index is 12.5. The van der Waals surface area contributed by atoms with Gasteiger partial charge < -0.3 is 10.1 Å². The first-order valence-corrected chi connectivity index (χ1v) is 8.72. The van der Waals surface area contributed by atoms with Crippen molar-refractivity contribution in [2.24, 2.45) is 0 Å². The molecule has 126 valence electrons. The summed E-state index contributed by atoms with van der Waals surface area (Å²) < 4.78 is 6.29. The normalized spacial score (nSPS) is 10.2. The van der Waals surface area contributed by atoms with Crippen LogP contribution in [0.4, 0.5) is 5.69 Å². The van der Waals surface area contributed by atoms with Crippen LogP contribution in [0.1, 0.15) is 28.4 Å². The molecule has 6 heteroatoms. The summed E-state index contributed by atoms with van der Waals surface area (Å²) in [6.07, 6.45) is 0. The van der Waals surface area contributed by atoms with Crippen LogP contribution in [0.5, 0.6) is 5.75 Å². The molecule has 0 aliphatic rings. The molecule has 0 unspecified atom stereocenters. The molecule has 0 bridgehead atoms. The lowest BCUT2D eigenvalue weighted by molar-refractivity contribution is 0.0974. The summed E-state index contributed by atoms with van der Waals surface area (Å²) in [6, 6.07) is 11.2. The van der Waals surface area contributed by atoms with Crippen LogP contribution >= 0.6 is 28.1 Å². The molecule has 0 fully saturated rings. The van der Waals surface area contributed by atoms with E-state index in [9.17, 15) is 4.79 Å². The second-order valence-electron chi connectivity index (χ2n) is 5.28. The average Bonchev–Trinajstić information content (AvgIpc) is 2.52. The number of anilines is 1. The number of hydrogen-bond donors (Lipinski definition) is 2. The second-order valence-corrected chi connectivity index (χ2v) is 6.60. The lowest BCUT2D eigenvalue weighted by Crippen LogP contribution is -2.34.